The number of carbonyl (C=O) groups is 2. The van der Waals surface area contributed by atoms with E-state index in [0.717, 1.165) is 13.1 Å². The third-order valence-corrected chi connectivity index (χ3v) is 4.78. The minimum atomic E-state index is -0.531. The summed E-state index contributed by atoms with van der Waals surface area (Å²) in [6.07, 6.45) is 2.41. The molecule has 0 aromatic carbocycles. The van der Waals surface area contributed by atoms with E-state index in [-0.39, 0.29) is 16.1 Å². The summed E-state index contributed by atoms with van der Waals surface area (Å²) in [5.74, 6) is -0.403. The fraction of sp³-hybridized carbons (Fsp3) is 0.571. The molecule has 0 unspecified atom stereocenters. The standard InChI is InChI=1S/C14H20N2O4S/c1-4-16(7-8-5-6-8)12-9(13(17)19-2)10(15)11(21-12)14(18)20-3/h8H,4-7,15H2,1-3H3. The quantitative estimate of drug-likeness (QED) is 0.810. The van der Waals surface area contributed by atoms with Crippen molar-refractivity contribution in [2.75, 3.05) is 37.9 Å². The van der Waals surface area contributed by atoms with Crippen molar-refractivity contribution in [3.05, 3.63) is 10.4 Å². The van der Waals surface area contributed by atoms with Gasteiger partial charge in [-0.1, -0.05) is 0 Å². The zero-order valence-corrected chi connectivity index (χ0v) is 13.3. The first kappa shape index (κ1) is 15.6. The van der Waals surface area contributed by atoms with Crippen LogP contribution in [0.5, 0.6) is 0 Å². The van der Waals surface area contributed by atoms with E-state index in [0.29, 0.717) is 10.9 Å². The van der Waals surface area contributed by atoms with Gasteiger partial charge in [0, 0.05) is 13.1 Å². The molecular weight excluding hydrogens is 292 g/mol. The van der Waals surface area contributed by atoms with Crippen molar-refractivity contribution in [1.82, 2.24) is 0 Å². The van der Waals surface area contributed by atoms with Crippen LogP contribution in [0, 0.1) is 5.92 Å². The molecule has 0 atom stereocenters. The first-order valence-electron chi connectivity index (χ1n) is 6.87. The number of nitrogens with zero attached hydrogens (tertiary/aromatic N) is 1. The lowest BCUT2D eigenvalue weighted by atomic mass is 10.2. The summed E-state index contributed by atoms with van der Waals surface area (Å²) >= 11 is 1.19. The Morgan fingerprint density at radius 3 is 2.38 bits per heavy atom. The number of esters is 2. The van der Waals surface area contributed by atoms with Gasteiger partial charge in [0.05, 0.1) is 19.9 Å². The highest BCUT2D eigenvalue weighted by atomic mass is 32.1. The van der Waals surface area contributed by atoms with Crippen LogP contribution < -0.4 is 10.6 Å². The first-order chi connectivity index (χ1) is 10.0. The minimum absolute atomic E-state index is 0.142. The highest BCUT2D eigenvalue weighted by Gasteiger charge is 2.31. The highest BCUT2D eigenvalue weighted by molar-refractivity contribution is 7.19. The van der Waals surface area contributed by atoms with Crippen molar-refractivity contribution in [3.63, 3.8) is 0 Å². The SMILES string of the molecule is CCN(CC1CC1)c1sc(C(=O)OC)c(N)c1C(=O)OC. The molecule has 116 valence electrons. The average Bonchev–Trinajstić information content (AvgIpc) is 3.25. The molecule has 1 aromatic heterocycles. The second-order valence-electron chi connectivity index (χ2n) is 4.99. The van der Waals surface area contributed by atoms with Crippen LogP contribution in [-0.4, -0.2) is 39.2 Å². The molecule has 1 fully saturated rings. The number of nitrogens with two attached hydrogens (primary N) is 1. The predicted octanol–water partition coefficient (Wildman–Crippen LogP) is 2.14. The molecule has 2 rings (SSSR count). The molecule has 0 amide bonds. The van der Waals surface area contributed by atoms with Crippen LogP contribution in [-0.2, 0) is 9.47 Å². The topological polar surface area (TPSA) is 81.9 Å². The van der Waals surface area contributed by atoms with E-state index in [1.54, 1.807) is 0 Å². The number of nitrogen functional groups attached to an aromatic ring is 1. The van der Waals surface area contributed by atoms with Crippen molar-refractivity contribution in [2.45, 2.75) is 19.8 Å². The van der Waals surface area contributed by atoms with Gasteiger partial charge in [-0.2, -0.15) is 0 Å². The monoisotopic (exact) mass is 312 g/mol. The summed E-state index contributed by atoms with van der Waals surface area (Å²) in [6.45, 7) is 3.61. The molecule has 6 nitrogen and oxygen atoms in total. The van der Waals surface area contributed by atoms with Gasteiger partial charge in [0.1, 0.15) is 15.4 Å². The number of rotatable bonds is 6. The van der Waals surface area contributed by atoms with Gasteiger partial charge in [0.25, 0.3) is 0 Å². The molecule has 0 radical (unpaired) electrons. The lowest BCUT2D eigenvalue weighted by Crippen LogP contribution is -2.26. The zero-order chi connectivity index (χ0) is 15.6. The van der Waals surface area contributed by atoms with E-state index in [9.17, 15) is 9.59 Å². The van der Waals surface area contributed by atoms with Gasteiger partial charge in [0.15, 0.2) is 0 Å². The van der Waals surface area contributed by atoms with Crippen LogP contribution in [0.15, 0.2) is 0 Å². The summed E-state index contributed by atoms with van der Waals surface area (Å²) in [4.78, 5) is 26.2. The molecule has 1 saturated carbocycles. The van der Waals surface area contributed by atoms with Gasteiger partial charge in [0.2, 0.25) is 0 Å². The number of carbonyl (C=O) groups excluding carboxylic acids is 2. The molecule has 21 heavy (non-hydrogen) atoms. The second kappa shape index (κ2) is 6.34. The molecule has 2 N–H and O–H groups in total. The molecule has 1 aromatic rings. The number of ether oxygens (including phenoxy) is 2. The molecular formula is C14H20N2O4S. The van der Waals surface area contributed by atoms with E-state index < -0.39 is 11.9 Å². The van der Waals surface area contributed by atoms with Crippen molar-refractivity contribution < 1.29 is 19.1 Å². The first-order valence-corrected chi connectivity index (χ1v) is 7.68. The predicted molar refractivity (Wildman–Crippen MR) is 82.0 cm³/mol. The highest BCUT2D eigenvalue weighted by Crippen LogP contribution is 2.41. The Hall–Kier alpha value is -1.76. The van der Waals surface area contributed by atoms with Crippen LogP contribution in [0.2, 0.25) is 0 Å². The van der Waals surface area contributed by atoms with Crippen LogP contribution in [0.3, 0.4) is 0 Å². The molecule has 0 spiro atoms. The largest absolute Gasteiger partial charge is 0.465 e. The van der Waals surface area contributed by atoms with Crippen LogP contribution in [0.25, 0.3) is 0 Å². The van der Waals surface area contributed by atoms with Crippen LogP contribution in [0.4, 0.5) is 10.7 Å². The van der Waals surface area contributed by atoms with E-state index in [2.05, 4.69) is 4.90 Å². The summed E-state index contributed by atoms with van der Waals surface area (Å²) in [7, 11) is 2.60. The van der Waals surface area contributed by atoms with E-state index in [1.165, 1.54) is 38.4 Å². The lowest BCUT2D eigenvalue weighted by Gasteiger charge is -2.22. The van der Waals surface area contributed by atoms with Crippen molar-refractivity contribution in [1.29, 1.82) is 0 Å². The molecule has 1 heterocycles. The van der Waals surface area contributed by atoms with Gasteiger partial charge in [-0.3, -0.25) is 0 Å². The Morgan fingerprint density at radius 2 is 1.90 bits per heavy atom. The Labute approximate surface area is 127 Å². The van der Waals surface area contributed by atoms with Crippen LogP contribution >= 0.6 is 11.3 Å². The van der Waals surface area contributed by atoms with Gasteiger partial charge >= 0.3 is 11.9 Å². The molecule has 1 aliphatic carbocycles. The second-order valence-corrected chi connectivity index (χ2v) is 5.99. The van der Waals surface area contributed by atoms with E-state index in [4.69, 9.17) is 15.2 Å². The maximum Gasteiger partial charge on any atom is 0.350 e. The van der Waals surface area contributed by atoms with Crippen molar-refractivity contribution in [3.8, 4) is 0 Å². The van der Waals surface area contributed by atoms with E-state index >= 15 is 0 Å². The van der Waals surface area contributed by atoms with Gasteiger partial charge in [-0.15, -0.1) is 11.3 Å². The Balaban J connectivity index is 2.45. The normalized spacial score (nSPS) is 13.9. The maximum absolute atomic E-state index is 12.0. The lowest BCUT2D eigenvalue weighted by molar-refractivity contribution is 0.0602. The molecule has 0 saturated heterocycles. The Kier molecular flexibility index (Phi) is 4.72. The zero-order valence-electron chi connectivity index (χ0n) is 12.5. The number of hydrogen-bond acceptors (Lipinski definition) is 7. The number of thiophene rings is 1. The summed E-state index contributed by atoms with van der Waals surface area (Å²) < 4.78 is 9.54. The third-order valence-electron chi connectivity index (χ3n) is 3.53. The Morgan fingerprint density at radius 1 is 1.29 bits per heavy atom. The van der Waals surface area contributed by atoms with Gasteiger partial charge < -0.3 is 20.1 Å². The van der Waals surface area contributed by atoms with E-state index in [1.807, 2.05) is 6.92 Å². The van der Waals surface area contributed by atoms with Crippen LogP contribution in [0.1, 0.15) is 39.8 Å². The maximum atomic E-state index is 12.0. The van der Waals surface area contributed by atoms with Gasteiger partial charge in [-0.05, 0) is 25.7 Å². The molecule has 0 bridgehead atoms. The number of methoxy groups -OCH3 is 2. The number of hydrogen-bond donors (Lipinski definition) is 1. The third kappa shape index (κ3) is 3.12. The fourth-order valence-corrected chi connectivity index (χ4v) is 3.37. The summed E-state index contributed by atoms with van der Waals surface area (Å²) in [5.41, 5.74) is 6.39. The molecule has 0 aliphatic heterocycles. The smallest absolute Gasteiger partial charge is 0.350 e. The average molecular weight is 312 g/mol. The van der Waals surface area contributed by atoms with Crippen molar-refractivity contribution >= 4 is 34.0 Å². The summed E-state index contributed by atoms with van der Waals surface area (Å²) in [5, 5.41) is 0.689. The summed E-state index contributed by atoms with van der Waals surface area (Å²) in [6, 6.07) is 0. The fourth-order valence-electron chi connectivity index (χ4n) is 2.17. The van der Waals surface area contributed by atoms with Gasteiger partial charge in [-0.25, -0.2) is 9.59 Å². The minimum Gasteiger partial charge on any atom is -0.465 e. The van der Waals surface area contributed by atoms with Crippen molar-refractivity contribution in [2.24, 2.45) is 5.92 Å². The molecule has 1 aliphatic rings. The molecule has 7 heteroatoms. The Bertz CT molecular complexity index is 551. The number of anilines is 2.